The van der Waals surface area contributed by atoms with E-state index in [0.717, 1.165) is 12.8 Å². The van der Waals surface area contributed by atoms with Gasteiger partial charge < -0.3 is 4.90 Å². The lowest BCUT2D eigenvalue weighted by molar-refractivity contribution is 0.274. The van der Waals surface area contributed by atoms with Crippen LogP contribution >= 0.6 is 0 Å². The Bertz CT molecular complexity index is 1050. The predicted octanol–water partition coefficient (Wildman–Crippen LogP) is 11.1. The smallest absolute Gasteiger partial charge is 0.0493 e. The molecule has 0 aromatic heterocycles. The van der Waals surface area contributed by atoms with Crippen LogP contribution in [0.3, 0.4) is 0 Å². The van der Waals surface area contributed by atoms with Crippen LogP contribution in [-0.4, -0.2) is 0 Å². The Balaban J connectivity index is 2.04. The molecule has 3 aromatic rings. The fourth-order valence-electron chi connectivity index (χ4n) is 5.44. The van der Waals surface area contributed by atoms with E-state index in [1.807, 2.05) is 0 Å². The summed E-state index contributed by atoms with van der Waals surface area (Å²) in [5.74, 6) is 0. The molecule has 0 saturated carbocycles. The molecule has 1 heteroatoms. The summed E-state index contributed by atoms with van der Waals surface area (Å²) in [6, 6.07) is 29.2. The molecule has 1 nitrogen and oxygen atoms in total. The molecule has 0 N–H and O–H groups in total. The van der Waals surface area contributed by atoms with Crippen LogP contribution in [0.4, 0.5) is 17.1 Å². The first-order chi connectivity index (χ1) is 17.3. The zero-order valence-corrected chi connectivity index (χ0v) is 23.8. The van der Waals surface area contributed by atoms with E-state index in [2.05, 4.69) is 125 Å². The van der Waals surface area contributed by atoms with Gasteiger partial charge in [-0.1, -0.05) is 122 Å². The van der Waals surface area contributed by atoms with Crippen LogP contribution in [0.2, 0.25) is 0 Å². The molecule has 3 rings (SSSR count). The average molecular weight is 484 g/mol. The Hall–Kier alpha value is -2.54. The third-order valence-corrected chi connectivity index (χ3v) is 7.91. The van der Waals surface area contributed by atoms with Crippen LogP contribution in [0.1, 0.15) is 97.6 Å². The van der Waals surface area contributed by atoms with Crippen molar-refractivity contribution in [1.29, 1.82) is 0 Å². The van der Waals surface area contributed by atoms with Crippen molar-refractivity contribution in [3.05, 3.63) is 90.0 Å². The fraction of sp³-hybridized carbons (Fsp3) is 0.486. The lowest BCUT2D eigenvalue weighted by atomic mass is 9.77. The Labute approximate surface area is 222 Å². The minimum atomic E-state index is 0.312. The van der Waals surface area contributed by atoms with Crippen molar-refractivity contribution in [3.8, 4) is 0 Å². The van der Waals surface area contributed by atoms with Crippen molar-refractivity contribution in [1.82, 2.24) is 0 Å². The highest BCUT2D eigenvalue weighted by Gasteiger charge is 2.25. The highest BCUT2D eigenvalue weighted by Crippen LogP contribution is 2.41. The maximum atomic E-state index is 2.48. The summed E-state index contributed by atoms with van der Waals surface area (Å²) in [6.07, 6.45) is 11.1. The Morgan fingerprint density at radius 3 is 1.97 bits per heavy atom. The lowest BCUT2D eigenvalue weighted by Gasteiger charge is -2.33. The number of rotatable bonds is 14. The molecule has 0 aliphatic rings. The van der Waals surface area contributed by atoms with E-state index in [0.29, 0.717) is 10.8 Å². The minimum absolute atomic E-state index is 0.312. The van der Waals surface area contributed by atoms with Gasteiger partial charge in [-0.05, 0) is 78.0 Å². The molecular formula is C35H49N. The Kier molecular flexibility index (Phi) is 10.2. The molecule has 0 aliphatic carbocycles. The fourth-order valence-corrected chi connectivity index (χ4v) is 5.44. The summed E-state index contributed by atoms with van der Waals surface area (Å²) in [4.78, 5) is 2.48. The van der Waals surface area contributed by atoms with Gasteiger partial charge in [0.05, 0.1) is 0 Å². The number of anilines is 3. The minimum Gasteiger partial charge on any atom is -0.310 e. The SMILES string of the molecule is CCCCC(C)(C)Cc1cccc(N(c2ccccc2)c2ccccc2CC(C)(CC)CCCC)c1. The third-order valence-electron chi connectivity index (χ3n) is 7.91. The standard InChI is InChI=1S/C35H49N/c1-7-10-24-34(4,5)27-29-18-17-22-32(26-29)36(31-20-13-12-14-21-31)33-23-16-15-19-30(33)28-35(6,9-3)25-11-8-2/h12-23,26H,7-11,24-25,27-28H2,1-6H3. The monoisotopic (exact) mass is 483 g/mol. The number of unbranched alkanes of at least 4 members (excludes halogenated alkanes) is 2. The molecule has 0 amide bonds. The van der Waals surface area contributed by atoms with E-state index < -0.39 is 0 Å². The number of para-hydroxylation sites is 2. The van der Waals surface area contributed by atoms with E-state index in [4.69, 9.17) is 0 Å². The van der Waals surface area contributed by atoms with E-state index in [1.165, 1.54) is 73.1 Å². The zero-order chi connectivity index (χ0) is 26.0. The van der Waals surface area contributed by atoms with Gasteiger partial charge in [-0.3, -0.25) is 0 Å². The van der Waals surface area contributed by atoms with Crippen LogP contribution in [0, 0.1) is 10.8 Å². The van der Waals surface area contributed by atoms with Gasteiger partial charge in [0.1, 0.15) is 0 Å². The lowest BCUT2D eigenvalue weighted by Crippen LogP contribution is -2.21. The van der Waals surface area contributed by atoms with Gasteiger partial charge >= 0.3 is 0 Å². The van der Waals surface area contributed by atoms with Gasteiger partial charge in [0, 0.05) is 17.1 Å². The second kappa shape index (κ2) is 13.1. The largest absolute Gasteiger partial charge is 0.310 e. The molecule has 0 saturated heterocycles. The topological polar surface area (TPSA) is 3.24 Å². The summed E-state index contributed by atoms with van der Waals surface area (Å²) >= 11 is 0. The summed E-state index contributed by atoms with van der Waals surface area (Å²) in [5.41, 5.74) is 7.28. The van der Waals surface area contributed by atoms with Gasteiger partial charge in [0.2, 0.25) is 0 Å². The number of benzene rings is 3. The molecule has 0 heterocycles. The quantitative estimate of drug-likeness (QED) is 0.220. The van der Waals surface area contributed by atoms with Crippen molar-refractivity contribution >= 4 is 17.1 Å². The van der Waals surface area contributed by atoms with Crippen LogP contribution in [0.5, 0.6) is 0 Å². The molecule has 36 heavy (non-hydrogen) atoms. The molecule has 3 aromatic carbocycles. The van der Waals surface area contributed by atoms with Gasteiger partial charge in [-0.15, -0.1) is 0 Å². The molecule has 0 fully saturated rings. The predicted molar refractivity (Wildman–Crippen MR) is 160 cm³/mol. The maximum absolute atomic E-state index is 2.48. The van der Waals surface area contributed by atoms with E-state index >= 15 is 0 Å². The summed E-state index contributed by atoms with van der Waals surface area (Å²) < 4.78 is 0. The zero-order valence-electron chi connectivity index (χ0n) is 23.8. The number of hydrogen-bond acceptors (Lipinski definition) is 1. The molecule has 0 aliphatic heterocycles. The van der Waals surface area contributed by atoms with Gasteiger partial charge in [-0.25, -0.2) is 0 Å². The summed E-state index contributed by atoms with van der Waals surface area (Å²) in [7, 11) is 0. The second-order valence-corrected chi connectivity index (χ2v) is 11.9. The van der Waals surface area contributed by atoms with Crippen LogP contribution < -0.4 is 4.90 Å². The first-order valence-corrected chi connectivity index (χ1v) is 14.3. The first-order valence-electron chi connectivity index (χ1n) is 14.3. The van der Waals surface area contributed by atoms with E-state index in [9.17, 15) is 0 Å². The highest BCUT2D eigenvalue weighted by atomic mass is 15.1. The van der Waals surface area contributed by atoms with Gasteiger partial charge in [0.15, 0.2) is 0 Å². The van der Waals surface area contributed by atoms with Crippen LogP contribution in [0.15, 0.2) is 78.9 Å². The normalized spacial score (nSPS) is 13.4. The molecule has 194 valence electrons. The summed E-state index contributed by atoms with van der Waals surface area (Å²) in [6.45, 7) is 14.3. The van der Waals surface area contributed by atoms with Crippen LogP contribution in [0.25, 0.3) is 0 Å². The van der Waals surface area contributed by atoms with Crippen molar-refractivity contribution in [2.45, 2.75) is 99.3 Å². The van der Waals surface area contributed by atoms with Gasteiger partial charge in [-0.2, -0.15) is 0 Å². The molecule has 1 unspecified atom stereocenters. The first kappa shape index (κ1) is 28.0. The molecule has 0 bridgehead atoms. The van der Waals surface area contributed by atoms with E-state index in [-0.39, 0.29) is 0 Å². The number of nitrogens with zero attached hydrogens (tertiary/aromatic N) is 1. The van der Waals surface area contributed by atoms with Crippen molar-refractivity contribution < 1.29 is 0 Å². The van der Waals surface area contributed by atoms with E-state index in [1.54, 1.807) is 0 Å². The second-order valence-electron chi connectivity index (χ2n) is 11.9. The average Bonchev–Trinajstić information content (AvgIpc) is 2.88. The Morgan fingerprint density at radius 2 is 1.28 bits per heavy atom. The Morgan fingerprint density at radius 1 is 0.639 bits per heavy atom. The maximum Gasteiger partial charge on any atom is 0.0493 e. The molecular weight excluding hydrogens is 434 g/mol. The van der Waals surface area contributed by atoms with Crippen molar-refractivity contribution in [3.63, 3.8) is 0 Å². The number of hydrogen-bond donors (Lipinski definition) is 0. The van der Waals surface area contributed by atoms with Crippen molar-refractivity contribution in [2.75, 3.05) is 4.90 Å². The van der Waals surface area contributed by atoms with Crippen molar-refractivity contribution in [2.24, 2.45) is 10.8 Å². The summed E-state index contributed by atoms with van der Waals surface area (Å²) in [5, 5.41) is 0. The molecule has 0 radical (unpaired) electrons. The third kappa shape index (κ3) is 7.73. The highest BCUT2D eigenvalue weighted by molar-refractivity contribution is 5.78. The molecule has 1 atom stereocenters. The molecule has 0 spiro atoms. The van der Waals surface area contributed by atoms with Gasteiger partial charge in [0.25, 0.3) is 0 Å². The van der Waals surface area contributed by atoms with Crippen LogP contribution in [-0.2, 0) is 12.8 Å².